The molecule has 0 spiro atoms. The highest BCUT2D eigenvalue weighted by Gasteiger charge is 2.20. The average molecular weight is 234 g/mol. The number of hydrogen-bond donors (Lipinski definition) is 1. The third-order valence-corrected chi connectivity index (χ3v) is 3.59. The molecule has 1 aliphatic rings. The van der Waals surface area contributed by atoms with Gasteiger partial charge in [-0.2, -0.15) is 0 Å². The van der Waals surface area contributed by atoms with Crippen molar-refractivity contribution in [2.45, 2.75) is 44.7 Å². The first kappa shape index (κ1) is 12.3. The highest BCUT2D eigenvalue weighted by Crippen LogP contribution is 2.26. The number of nitrogens with zero attached hydrogens (tertiary/aromatic N) is 3. The van der Waals surface area contributed by atoms with Crippen molar-refractivity contribution in [3.8, 4) is 0 Å². The third kappa shape index (κ3) is 2.94. The molecule has 1 N–H and O–H groups in total. The van der Waals surface area contributed by atoms with Crippen molar-refractivity contribution < 1.29 is 0 Å². The highest BCUT2D eigenvalue weighted by molar-refractivity contribution is 5.45. The fraction of sp³-hybridized carbons (Fsp3) is 0.692. The molecular formula is C13H22N4. The zero-order valence-electron chi connectivity index (χ0n) is 10.8. The standard InChI is InChI=1S/C13H22N4/c1-14-8-11-9-15-10-16-13(11)17(2)12-6-4-3-5-7-12/h9-10,12,14H,3-8H2,1-2H3. The predicted molar refractivity (Wildman–Crippen MR) is 70.1 cm³/mol. The van der Waals surface area contributed by atoms with Gasteiger partial charge in [-0.1, -0.05) is 19.3 Å². The molecule has 17 heavy (non-hydrogen) atoms. The predicted octanol–water partition coefficient (Wildman–Crippen LogP) is 1.96. The van der Waals surface area contributed by atoms with Crippen LogP contribution in [0.1, 0.15) is 37.7 Å². The molecule has 1 aromatic heterocycles. The molecule has 1 fully saturated rings. The summed E-state index contributed by atoms with van der Waals surface area (Å²) in [7, 11) is 4.12. The van der Waals surface area contributed by atoms with E-state index >= 15 is 0 Å². The zero-order chi connectivity index (χ0) is 12.1. The Kier molecular flexibility index (Phi) is 4.31. The summed E-state index contributed by atoms with van der Waals surface area (Å²) >= 11 is 0. The molecule has 1 aromatic rings. The summed E-state index contributed by atoms with van der Waals surface area (Å²) in [6.07, 6.45) is 10.2. The first-order chi connectivity index (χ1) is 8.33. The largest absolute Gasteiger partial charge is 0.356 e. The summed E-state index contributed by atoms with van der Waals surface area (Å²) in [6.45, 7) is 0.827. The van der Waals surface area contributed by atoms with Gasteiger partial charge in [-0.3, -0.25) is 0 Å². The maximum absolute atomic E-state index is 4.45. The molecule has 0 amide bonds. The number of aromatic nitrogens is 2. The molecule has 0 aliphatic heterocycles. The minimum absolute atomic E-state index is 0.647. The van der Waals surface area contributed by atoms with E-state index in [0.29, 0.717) is 6.04 Å². The summed E-state index contributed by atoms with van der Waals surface area (Å²) in [4.78, 5) is 10.9. The van der Waals surface area contributed by atoms with Crippen LogP contribution in [0.4, 0.5) is 5.82 Å². The van der Waals surface area contributed by atoms with E-state index < -0.39 is 0 Å². The van der Waals surface area contributed by atoms with Gasteiger partial charge in [0.25, 0.3) is 0 Å². The maximum atomic E-state index is 4.45. The van der Waals surface area contributed by atoms with Crippen LogP contribution in [0.15, 0.2) is 12.5 Å². The molecule has 0 bridgehead atoms. The number of nitrogens with one attached hydrogen (secondary N) is 1. The smallest absolute Gasteiger partial charge is 0.136 e. The van der Waals surface area contributed by atoms with Crippen LogP contribution in [0.25, 0.3) is 0 Å². The molecule has 4 nitrogen and oxygen atoms in total. The Morgan fingerprint density at radius 3 is 2.82 bits per heavy atom. The van der Waals surface area contributed by atoms with Crippen LogP contribution in [0.3, 0.4) is 0 Å². The molecule has 0 saturated heterocycles. The maximum Gasteiger partial charge on any atom is 0.136 e. The topological polar surface area (TPSA) is 41.1 Å². The lowest BCUT2D eigenvalue weighted by Crippen LogP contribution is -2.35. The van der Waals surface area contributed by atoms with E-state index in [2.05, 4.69) is 27.2 Å². The van der Waals surface area contributed by atoms with Gasteiger partial charge in [0.15, 0.2) is 0 Å². The van der Waals surface area contributed by atoms with E-state index in [1.807, 2.05) is 13.2 Å². The lowest BCUT2D eigenvalue weighted by Gasteiger charge is -2.33. The monoisotopic (exact) mass is 234 g/mol. The lowest BCUT2D eigenvalue weighted by molar-refractivity contribution is 0.425. The van der Waals surface area contributed by atoms with Gasteiger partial charge in [0, 0.05) is 31.4 Å². The Bertz CT molecular complexity index is 347. The Labute approximate surface area is 103 Å². The van der Waals surface area contributed by atoms with E-state index in [1.54, 1.807) is 6.33 Å². The van der Waals surface area contributed by atoms with Gasteiger partial charge in [0.1, 0.15) is 12.1 Å². The molecule has 1 heterocycles. The summed E-state index contributed by atoms with van der Waals surface area (Å²) in [5.41, 5.74) is 1.18. The Balaban J connectivity index is 2.14. The van der Waals surface area contributed by atoms with E-state index in [1.165, 1.54) is 37.7 Å². The lowest BCUT2D eigenvalue weighted by atomic mass is 9.94. The van der Waals surface area contributed by atoms with Gasteiger partial charge in [-0.15, -0.1) is 0 Å². The Morgan fingerprint density at radius 2 is 2.12 bits per heavy atom. The second kappa shape index (κ2) is 5.96. The van der Waals surface area contributed by atoms with Crippen LogP contribution in [0, 0.1) is 0 Å². The third-order valence-electron chi connectivity index (χ3n) is 3.59. The Hall–Kier alpha value is -1.16. The van der Waals surface area contributed by atoms with E-state index in [9.17, 15) is 0 Å². The molecule has 4 heteroatoms. The van der Waals surface area contributed by atoms with E-state index in [0.717, 1.165) is 12.4 Å². The van der Waals surface area contributed by atoms with Gasteiger partial charge < -0.3 is 10.2 Å². The number of anilines is 1. The van der Waals surface area contributed by atoms with E-state index in [4.69, 9.17) is 0 Å². The van der Waals surface area contributed by atoms with Crippen LogP contribution in [-0.4, -0.2) is 30.1 Å². The number of rotatable bonds is 4. The second-order valence-corrected chi connectivity index (χ2v) is 4.80. The van der Waals surface area contributed by atoms with Crippen LogP contribution < -0.4 is 10.2 Å². The molecule has 1 aliphatic carbocycles. The van der Waals surface area contributed by atoms with Crippen molar-refractivity contribution >= 4 is 5.82 Å². The average Bonchev–Trinajstić information content (AvgIpc) is 2.40. The van der Waals surface area contributed by atoms with Crippen molar-refractivity contribution in [3.05, 3.63) is 18.1 Å². The summed E-state index contributed by atoms with van der Waals surface area (Å²) in [5.74, 6) is 1.08. The van der Waals surface area contributed by atoms with Crippen molar-refractivity contribution in [2.24, 2.45) is 0 Å². The molecule has 0 unspecified atom stereocenters. The van der Waals surface area contributed by atoms with Gasteiger partial charge in [0.05, 0.1) is 0 Å². The van der Waals surface area contributed by atoms with Crippen molar-refractivity contribution in [2.75, 3.05) is 19.0 Å². The van der Waals surface area contributed by atoms with Crippen LogP contribution >= 0.6 is 0 Å². The van der Waals surface area contributed by atoms with Crippen LogP contribution in [0.5, 0.6) is 0 Å². The zero-order valence-corrected chi connectivity index (χ0v) is 10.8. The Morgan fingerprint density at radius 1 is 1.35 bits per heavy atom. The van der Waals surface area contributed by atoms with Gasteiger partial charge in [-0.05, 0) is 19.9 Å². The molecule has 94 valence electrons. The quantitative estimate of drug-likeness (QED) is 0.864. The minimum Gasteiger partial charge on any atom is -0.356 e. The van der Waals surface area contributed by atoms with Crippen LogP contribution in [-0.2, 0) is 6.54 Å². The molecule has 0 aromatic carbocycles. The molecule has 1 saturated carbocycles. The molecule has 0 radical (unpaired) electrons. The normalized spacial score (nSPS) is 17.1. The van der Waals surface area contributed by atoms with Gasteiger partial charge >= 0.3 is 0 Å². The second-order valence-electron chi connectivity index (χ2n) is 4.80. The van der Waals surface area contributed by atoms with Crippen molar-refractivity contribution in [3.63, 3.8) is 0 Å². The van der Waals surface area contributed by atoms with Crippen LogP contribution in [0.2, 0.25) is 0 Å². The SMILES string of the molecule is CNCc1cncnc1N(C)C1CCCCC1. The summed E-state index contributed by atoms with van der Waals surface area (Å²) in [5, 5.41) is 3.18. The van der Waals surface area contributed by atoms with Crippen molar-refractivity contribution in [1.82, 2.24) is 15.3 Å². The molecular weight excluding hydrogens is 212 g/mol. The fourth-order valence-corrected chi connectivity index (χ4v) is 2.63. The summed E-state index contributed by atoms with van der Waals surface area (Å²) < 4.78 is 0. The molecule has 2 rings (SSSR count). The van der Waals surface area contributed by atoms with Gasteiger partial charge in [0.2, 0.25) is 0 Å². The fourth-order valence-electron chi connectivity index (χ4n) is 2.63. The first-order valence-corrected chi connectivity index (χ1v) is 6.49. The van der Waals surface area contributed by atoms with Gasteiger partial charge in [-0.25, -0.2) is 9.97 Å². The summed E-state index contributed by atoms with van der Waals surface area (Å²) in [6, 6.07) is 0.647. The first-order valence-electron chi connectivity index (χ1n) is 6.49. The van der Waals surface area contributed by atoms with Crippen molar-refractivity contribution in [1.29, 1.82) is 0 Å². The van der Waals surface area contributed by atoms with E-state index in [-0.39, 0.29) is 0 Å². The number of hydrogen-bond acceptors (Lipinski definition) is 4. The molecule has 0 atom stereocenters. The minimum atomic E-state index is 0.647. The highest BCUT2D eigenvalue weighted by atomic mass is 15.2.